The lowest BCUT2D eigenvalue weighted by Crippen LogP contribution is -2.14. The molecular weight excluding hydrogens is 356 g/mol. The van der Waals surface area contributed by atoms with Crippen molar-refractivity contribution in [1.29, 1.82) is 0 Å². The summed E-state index contributed by atoms with van der Waals surface area (Å²) in [5.74, 6) is 0.727. The number of anilines is 1. The standard InChI is InChI=1S/C22H24N2O2S/c1-5-16-9-7-8-14(3)19(16)24-21(25)20-15(4)23-22(27-20)17-10-12-18(13-11-17)26-6-2/h7-13H,5-6H2,1-4H3,(H,24,25). The maximum Gasteiger partial charge on any atom is 0.267 e. The summed E-state index contributed by atoms with van der Waals surface area (Å²) in [5, 5.41) is 3.92. The van der Waals surface area contributed by atoms with Gasteiger partial charge in [-0.05, 0) is 62.6 Å². The predicted octanol–water partition coefficient (Wildman–Crippen LogP) is 5.64. The van der Waals surface area contributed by atoms with Crippen molar-refractivity contribution < 1.29 is 9.53 Å². The van der Waals surface area contributed by atoms with Crippen molar-refractivity contribution in [2.24, 2.45) is 0 Å². The number of nitrogens with zero attached hydrogens (tertiary/aromatic N) is 1. The van der Waals surface area contributed by atoms with Crippen molar-refractivity contribution >= 4 is 22.9 Å². The first-order chi connectivity index (χ1) is 13.0. The molecular formula is C22H24N2O2S. The molecule has 0 aliphatic rings. The molecule has 0 spiro atoms. The first-order valence-electron chi connectivity index (χ1n) is 9.14. The predicted molar refractivity (Wildman–Crippen MR) is 112 cm³/mol. The number of thiazole rings is 1. The molecule has 3 rings (SSSR count). The smallest absolute Gasteiger partial charge is 0.267 e. The van der Waals surface area contributed by atoms with Crippen LogP contribution in [0.15, 0.2) is 42.5 Å². The van der Waals surface area contributed by atoms with Gasteiger partial charge in [0.1, 0.15) is 15.6 Å². The third kappa shape index (κ3) is 4.19. The van der Waals surface area contributed by atoms with Crippen LogP contribution in [0.3, 0.4) is 0 Å². The van der Waals surface area contributed by atoms with Crippen LogP contribution in [0.4, 0.5) is 5.69 Å². The Morgan fingerprint density at radius 3 is 2.52 bits per heavy atom. The van der Waals surface area contributed by atoms with E-state index in [4.69, 9.17) is 4.74 Å². The normalized spacial score (nSPS) is 10.7. The summed E-state index contributed by atoms with van der Waals surface area (Å²) in [6.07, 6.45) is 0.871. The molecule has 1 aromatic heterocycles. The summed E-state index contributed by atoms with van der Waals surface area (Å²) in [6.45, 7) is 8.58. The monoisotopic (exact) mass is 380 g/mol. The van der Waals surface area contributed by atoms with E-state index in [1.54, 1.807) is 0 Å². The zero-order valence-corrected chi connectivity index (χ0v) is 16.9. The van der Waals surface area contributed by atoms with E-state index in [2.05, 4.69) is 17.2 Å². The molecule has 0 fully saturated rings. The van der Waals surface area contributed by atoms with Crippen LogP contribution in [0.25, 0.3) is 10.6 Å². The Morgan fingerprint density at radius 2 is 1.85 bits per heavy atom. The SMILES string of the molecule is CCOc1ccc(-c2nc(C)c(C(=O)Nc3c(C)cccc3CC)s2)cc1. The van der Waals surface area contributed by atoms with Crippen molar-refractivity contribution in [3.05, 3.63) is 64.2 Å². The number of hydrogen-bond acceptors (Lipinski definition) is 4. The van der Waals surface area contributed by atoms with Gasteiger partial charge in [0.05, 0.1) is 12.3 Å². The van der Waals surface area contributed by atoms with Crippen molar-refractivity contribution in [3.63, 3.8) is 0 Å². The fourth-order valence-corrected chi connectivity index (χ4v) is 3.93. The average molecular weight is 381 g/mol. The fraction of sp³-hybridized carbons (Fsp3) is 0.273. The molecule has 0 atom stereocenters. The molecule has 0 radical (unpaired) electrons. The maximum absolute atomic E-state index is 12.9. The number of ether oxygens (including phenoxy) is 1. The third-order valence-corrected chi connectivity index (χ3v) is 5.60. The Labute approximate surface area is 164 Å². The van der Waals surface area contributed by atoms with Gasteiger partial charge in [-0.1, -0.05) is 25.1 Å². The summed E-state index contributed by atoms with van der Waals surface area (Å²) in [6, 6.07) is 13.9. The third-order valence-electron chi connectivity index (χ3n) is 4.39. The first kappa shape index (κ1) is 19.1. The zero-order valence-electron chi connectivity index (χ0n) is 16.1. The molecule has 0 saturated heterocycles. The number of nitrogens with one attached hydrogen (secondary N) is 1. The lowest BCUT2D eigenvalue weighted by atomic mass is 10.1. The number of carbonyl (C=O) groups is 1. The highest BCUT2D eigenvalue weighted by molar-refractivity contribution is 7.17. The molecule has 0 aliphatic heterocycles. The molecule has 1 heterocycles. The Hall–Kier alpha value is -2.66. The highest BCUT2D eigenvalue weighted by atomic mass is 32.1. The summed E-state index contributed by atoms with van der Waals surface area (Å²) < 4.78 is 5.48. The second kappa shape index (κ2) is 8.35. The Balaban J connectivity index is 1.85. The fourth-order valence-electron chi connectivity index (χ4n) is 2.96. The van der Waals surface area contributed by atoms with E-state index in [9.17, 15) is 4.79 Å². The quantitative estimate of drug-likeness (QED) is 0.602. The lowest BCUT2D eigenvalue weighted by Gasteiger charge is -2.12. The minimum Gasteiger partial charge on any atom is -0.494 e. The van der Waals surface area contributed by atoms with Crippen LogP contribution < -0.4 is 10.1 Å². The van der Waals surface area contributed by atoms with Crippen LogP contribution in [-0.4, -0.2) is 17.5 Å². The molecule has 1 amide bonds. The molecule has 140 valence electrons. The number of hydrogen-bond donors (Lipinski definition) is 1. The van der Waals surface area contributed by atoms with Gasteiger partial charge in [0.15, 0.2) is 0 Å². The van der Waals surface area contributed by atoms with E-state index in [0.29, 0.717) is 11.5 Å². The number of aromatic nitrogens is 1. The Kier molecular flexibility index (Phi) is 5.91. The van der Waals surface area contributed by atoms with Crippen LogP contribution in [-0.2, 0) is 6.42 Å². The number of carbonyl (C=O) groups excluding carboxylic acids is 1. The van der Waals surface area contributed by atoms with E-state index in [0.717, 1.165) is 45.2 Å². The Morgan fingerprint density at radius 1 is 1.11 bits per heavy atom. The van der Waals surface area contributed by atoms with Crippen LogP contribution in [0.2, 0.25) is 0 Å². The molecule has 4 nitrogen and oxygen atoms in total. The van der Waals surface area contributed by atoms with Gasteiger partial charge >= 0.3 is 0 Å². The number of rotatable bonds is 6. The van der Waals surface area contributed by atoms with E-state index < -0.39 is 0 Å². The number of amides is 1. The number of aryl methyl sites for hydroxylation is 3. The van der Waals surface area contributed by atoms with E-state index in [-0.39, 0.29) is 5.91 Å². The van der Waals surface area contributed by atoms with Gasteiger partial charge in [-0.2, -0.15) is 0 Å². The molecule has 3 aromatic rings. The summed E-state index contributed by atoms with van der Waals surface area (Å²) >= 11 is 1.41. The van der Waals surface area contributed by atoms with E-state index in [1.165, 1.54) is 11.3 Å². The molecule has 0 bridgehead atoms. The largest absolute Gasteiger partial charge is 0.494 e. The molecule has 0 aliphatic carbocycles. The summed E-state index contributed by atoms with van der Waals surface area (Å²) in [4.78, 5) is 18.1. The molecule has 5 heteroatoms. The minimum absolute atomic E-state index is 0.105. The van der Waals surface area contributed by atoms with E-state index >= 15 is 0 Å². The number of para-hydroxylation sites is 1. The van der Waals surface area contributed by atoms with Crippen molar-refractivity contribution in [1.82, 2.24) is 4.98 Å². The molecule has 2 aromatic carbocycles. The van der Waals surface area contributed by atoms with E-state index in [1.807, 2.05) is 63.2 Å². The lowest BCUT2D eigenvalue weighted by molar-refractivity contribution is 0.102. The molecule has 27 heavy (non-hydrogen) atoms. The van der Waals surface area contributed by atoms with Crippen LogP contribution in [0.1, 0.15) is 40.3 Å². The number of benzene rings is 2. The molecule has 0 unspecified atom stereocenters. The zero-order chi connectivity index (χ0) is 19.4. The minimum atomic E-state index is -0.105. The van der Waals surface area contributed by atoms with Gasteiger partial charge in [-0.25, -0.2) is 4.98 Å². The van der Waals surface area contributed by atoms with Gasteiger partial charge in [-0.15, -0.1) is 11.3 Å². The van der Waals surface area contributed by atoms with Gasteiger partial charge in [0.2, 0.25) is 0 Å². The van der Waals surface area contributed by atoms with Gasteiger partial charge in [0, 0.05) is 11.3 Å². The topological polar surface area (TPSA) is 51.2 Å². The summed E-state index contributed by atoms with van der Waals surface area (Å²) in [5.41, 5.74) is 4.83. The second-order valence-electron chi connectivity index (χ2n) is 6.31. The Bertz CT molecular complexity index is 945. The molecule has 0 saturated carbocycles. The highest BCUT2D eigenvalue weighted by Gasteiger charge is 2.18. The highest BCUT2D eigenvalue weighted by Crippen LogP contribution is 2.30. The molecule has 1 N–H and O–H groups in total. The van der Waals surface area contributed by atoms with Crippen LogP contribution in [0.5, 0.6) is 5.75 Å². The van der Waals surface area contributed by atoms with Gasteiger partial charge < -0.3 is 10.1 Å². The van der Waals surface area contributed by atoms with Crippen molar-refractivity contribution in [3.8, 4) is 16.3 Å². The van der Waals surface area contributed by atoms with Crippen LogP contribution in [0, 0.1) is 13.8 Å². The van der Waals surface area contributed by atoms with Gasteiger partial charge in [-0.3, -0.25) is 4.79 Å². The van der Waals surface area contributed by atoms with Gasteiger partial charge in [0.25, 0.3) is 5.91 Å². The average Bonchev–Trinajstić information content (AvgIpc) is 3.06. The van der Waals surface area contributed by atoms with Crippen LogP contribution >= 0.6 is 11.3 Å². The summed E-state index contributed by atoms with van der Waals surface area (Å²) in [7, 11) is 0. The van der Waals surface area contributed by atoms with Crippen molar-refractivity contribution in [2.45, 2.75) is 34.1 Å². The maximum atomic E-state index is 12.9. The first-order valence-corrected chi connectivity index (χ1v) is 9.95. The van der Waals surface area contributed by atoms with Crippen molar-refractivity contribution in [2.75, 3.05) is 11.9 Å². The second-order valence-corrected chi connectivity index (χ2v) is 7.31.